The molecule has 2 N–H and O–H groups in total. The Kier molecular flexibility index (Phi) is 5.01. The molecule has 0 aromatic carbocycles. The van der Waals surface area contributed by atoms with Gasteiger partial charge in [-0.05, 0) is 12.8 Å². The van der Waals surface area contributed by atoms with Gasteiger partial charge < -0.3 is 24.7 Å². The summed E-state index contributed by atoms with van der Waals surface area (Å²) in [6.07, 6.45) is 5.28. The van der Waals surface area contributed by atoms with E-state index in [0.29, 0.717) is 17.7 Å². The van der Waals surface area contributed by atoms with Crippen molar-refractivity contribution in [3.8, 4) is 11.8 Å². The van der Waals surface area contributed by atoms with Gasteiger partial charge in [0.05, 0.1) is 20.3 Å². The van der Waals surface area contributed by atoms with Crippen LogP contribution in [0.5, 0.6) is 11.8 Å². The van der Waals surface area contributed by atoms with Crippen molar-refractivity contribution < 1.29 is 14.3 Å². The summed E-state index contributed by atoms with van der Waals surface area (Å²) in [5.74, 6) is 2.35. The lowest BCUT2D eigenvalue weighted by atomic mass is 9.96. The number of hydrogen-bond acceptors (Lipinski definition) is 7. The molecule has 0 radical (unpaired) electrons. The summed E-state index contributed by atoms with van der Waals surface area (Å²) < 4.78 is 12.2. The van der Waals surface area contributed by atoms with Crippen LogP contribution < -0.4 is 20.1 Å². The molecular formula is C16H22N6O3. The highest BCUT2D eigenvalue weighted by atomic mass is 16.5. The number of ether oxygens (including phenoxy) is 2. The fourth-order valence-corrected chi connectivity index (χ4v) is 3.06. The lowest BCUT2D eigenvalue weighted by molar-refractivity contribution is -0.118. The fourth-order valence-electron chi connectivity index (χ4n) is 3.06. The molecule has 9 heteroatoms. The third-order valence-electron chi connectivity index (χ3n) is 4.30. The zero-order valence-corrected chi connectivity index (χ0v) is 14.4. The van der Waals surface area contributed by atoms with Crippen molar-refractivity contribution in [2.24, 2.45) is 5.73 Å². The van der Waals surface area contributed by atoms with Crippen LogP contribution in [0.25, 0.3) is 0 Å². The van der Waals surface area contributed by atoms with Crippen molar-refractivity contribution in [2.45, 2.75) is 25.3 Å². The second kappa shape index (κ2) is 7.37. The van der Waals surface area contributed by atoms with Gasteiger partial charge in [0.15, 0.2) is 0 Å². The maximum Gasteiger partial charge on any atom is 0.237 e. The first-order valence-electron chi connectivity index (χ1n) is 8.12. The van der Waals surface area contributed by atoms with E-state index in [1.54, 1.807) is 32.7 Å². The molecule has 0 bridgehead atoms. The molecule has 0 unspecified atom stereocenters. The van der Waals surface area contributed by atoms with Crippen molar-refractivity contribution in [1.82, 2.24) is 19.5 Å². The zero-order valence-electron chi connectivity index (χ0n) is 14.4. The Bertz CT molecular complexity index is 717. The minimum Gasteiger partial charge on any atom is -0.481 e. The molecule has 9 nitrogen and oxygen atoms in total. The van der Waals surface area contributed by atoms with E-state index in [0.717, 1.165) is 31.8 Å². The Labute approximate surface area is 145 Å². The fraction of sp³-hybridized carbons (Fsp3) is 0.500. The van der Waals surface area contributed by atoms with E-state index in [1.807, 2.05) is 4.57 Å². The van der Waals surface area contributed by atoms with Gasteiger partial charge in [-0.25, -0.2) is 4.98 Å². The van der Waals surface area contributed by atoms with Crippen molar-refractivity contribution in [1.29, 1.82) is 0 Å². The summed E-state index contributed by atoms with van der Waals surface area (Å²) >= 11 is 0. The van der Waals surface area contributed by atoms with E-state index in [4.69, 9.17) is 15.2 Å². The van der Waals surface area contributed by atoms with Crippen molar-refractivity contribution in [3.63, 3.8) is 0 Å². The smallest absolute Gasteiger partial charge is 0.237 e. The Balaban J connectivity index is 1.70. The number of hydrogen-bond donors (Lipinski definition) is 1. The largest absolute Gasteiger partial charge is 0.481 e. The van der Waals surface area contributed by atoms with E-state index in [1.165, 1.54) is 0 Å². The number of carbonyl (C=O) groups excluding carboxylic acids is 1. The number of anilines is 1. The van der Waals surface area contributed by atoms with E-state index in [2.05, 4.69) is 19.9 Å². The number of imidazole rings is 1. The molecule has 134 valence electrons. The summed E-state index contributed by atoms with van der Waals surface area (Å²) in [5, 5.41) is 0. The summed E-state index contributed by atoms with van der Waals surface area (Å²) in [6.45, 7) is 1.72. The van der Waals surface area contributed by atoms with Crippen LogP contribution in [-0.4, -0.2) is 52.7 Å². The first kappa shape index (κ1) is 17.0. The molecule has 0 aliphatic carbocycles. The molecule has 3 heterocycles. The standard InChI is InChI=1S/C16H22N6O3/c1-24-13-9-14(25-2)20-16(19-13)21-6-3-11(4-7-21)15-18-5-8-22(15)10-12(17)23/h5,8-9,11H,3-4,6-7,10H2,1-2H3,(H2,17,23). The molecule has 0 saturated carbocycles. The highest BCUT2D eigenvalue weighted by Crippen LogP contribution is 2.29. The Morgan fingerprint density at radius 3 is 2.44 bits per heavy atom. The normalized spacial score (nSPS) is 15.2. The van der Waals surface area contributed by atoms with Crippen LogP contribution in [0.1, 0.15) is 24.6 Å². The van der Waals surface area contributed by atoms with Gasteiger partial charge in [0, 0.05) is 31.4 Å². The molecule has 0 atom stereocenters. The average molecular weight is 346 g/mol. The highest BCUT2D eigenvalue weighted by molar-refractivity contribution is 5.73. The minimum atomic E-state index is -0.367. The second-order valence-electron chi connectivity index (χ2n) is 5.89. The zero-order chi connectivity index (χ0) is 17.8. The summed E-state index contributed by atoms with van der Waals surface area (Å²) in [4.78, 5) is 26.5. The number of nitrogens with zero attached hydrogens (tertiary/aromatic N) is 5. The molecule has 25 heavy (non-hydrogen) atoms. The van der Waals surface area contributed by atoms with Crippen LogP contribution in [0, 0.1) is 0 Å². The van der Waals surface area contributed by atoms with Crippen LogP contribution >= 0.6 is 0 Å². The molecule has 0 spiro atoms. The summed E-state index contributed by atoms with van der Waals surface area (Å²) in [5.41, 5.74) is 5.30. The Morgan fingerprint density at radius 1 is 1.24 bits per heavy atom. The molecule has 2 aromatic rings. The molecular weight excluding hydrogens is 324 g/mol. The number of carbonyl (C=O) groups is 1. The SMILES string of the molecule is COc1cc(OC)nc(N2CCC(c3nccn3CC(N)=O)CC2)n1. The van der Waals surface area contributed by atoms with Crippen LogP contribution in [0.15, 0.2) is 18.5 Å². The van der Waals surface area contributed by atoms with E-state index in [9.17, 15) is 4.79 Å². The monoisotopic (exact) mass is 346 g/mol. The molecule has 1 fully saturated rings. The van der Waals surface area contributed by atoms with Gasteiger partial charge in [-0.15, -0.1) is 0 Å². The average Bonchev–Trinajstić information content (AvgIpc) is 3.08. The van der Waals surface area contributed by atoms with Crippen molar-refractivity contribution >= 4 is 11.9 Å². The molecule has 1 aliphatic rings. The van der Waals surface area contributed by atoms with Crippen LogP contribution in [0.4, 0.5) is 5.95 Å². The first-order chi connectivity index (χ1) is 12.1. The molecule has 1 amide bonds. The number of piperidine rings is 1. The molecule has 2 aromatic heterocycles. The quantitative estimate of drug-likeness (QED) is 0.814. The maximum atomic E-state index is 11.2. The number of methoxy groups -OCH3 is 2. The number of aromatic nitrogens is 4. The van der Waals surface area contributed by atoms with Crippen molar-refractivity contribution in [3.05, 3.63) is 24.3 Å². The minimum absolute atomic E-state index is 0.158. The maximum absolute atomic E-state index is 11.2. The van der Waals surface area contributed by atoms with E-state index >= 15 is 0 Å². The van der Waals surface area contributed by atoms with Gasteiger partial charge >= 0.3 is 0 Å². The van der Waals surface area contributed by atoms with E-state index < -0.39 is 0 Å². The number of primary amides is 1. The van der Waals surface area contributed by atoms with Gasteiger partial charge in [0.1, 0.15) is 12.4 Å². The topological polar surface area (TPSA) is 108 Å². The van der Waals surface area contributed by atoms with Gasteiger partial charge in [-0.3, -0.25) is 4.79 Å². The molecule has 1 saturated heterocycles. The predicted octanol–water partition coefficient (Wildman–Crippen LogP) is 0.560. The number of amides is 1. The van der Waals surface area contributed by atoms with Crippen LogP contribution in [0.3, 0.4) is 0 Å². The van der Waals surface area contributed by atoms with Gasteiger partial charge in [-0.2, -0.15) is 9.97 Å². The lowest BCUT2D eigenvalue weighted by Crippen LogP contribution is -2.35. The highest BCUT2D eigenvalue weighted by Gasteiger charge is 2.26. The van der Waals surface area contributed by atoms with Crippen LogP contribution in [-0.2, 0) is 11.3 Å². The van der Waals surface area contributed by atoms with Crippen LogP contribution in [0.2, 0.25) is 0 Å². The first-order valence-corrected chi connectivity index (χ1v) is 8.12. The van der Waals surface area contributed by atoms with Gasteiger partial charge in [-0.1, -0.05) is 0 Å². The van der Waals surface area contributed by atoms with Gasteiger partial charge in [0.25, 0.3) is 0 Å². The number of rotatable bonds is 6. The Morgan fingerprint density at radius 2 is 1.88 bits per heavy atom. The molecule has 3 rings (SSSR count). The van der Waals surface area contributed by atoms with E-state index in [-0.39, 0.29) is 18.4 Å². The number of nitrogens with two attached hydrogens (primary N) is 1. The third kappa shape index (κ3) is 3.81. The summed E-state index contributed by atoms with van der Waals surface area (Å²) in [6, 6.07) is 1.65. The Hall–Kier alpha value is -2.84. The molecule has 1 aliphatic heterocycles. The second-order valence-corrected chi connectivity index (χ2v) is 5.89. The lowest BCUT2D eigenvalue weighted by Gasteiger charge is -2.32. The van der Waals surface area contributed by atoms with Crippen molar-refractivity contribution in [2.75, 3.05) is 32.2 Å². The van der Waals surface area contributed by atoms with Gasteiger partial charge in [0.2, 0.25) is 23.6 Å². The predicted molar refractivity (Wildman–Crippen MR) is 90.7 cm³/mol. The summed E-state index contributed by atoms with van der Waals surface area (Å²) in [7, 11) is 3.13. The third-order valence-corrected chi connectivity index (χ3v) is 4.30.